The van der Waals surface area contributed by atoms with Gasteiger partial charge in [-0.05, 0) is 47.6 Å². The highest BCUT2D eigenvalue weighted by Gasteiger charge is 2.17. The van der Waals surface area contributed by atoms with Gasteiger partial charge in [-0.3, -0.25) is 4.79 Å². The van der Waals surface area contributed by atoms with Gasteiger partial charge in [0.1, 0.15) is 5.75 Å². The number of Topliss-reactive ketones (excluding diaryl/α,β-unsaturated/α-hetero) is 1. The minimum Gasteiger partial charge on any atom is -0.482 e. The normalized spacial score (nSPS) is 14.5. The van der Waals surface area contributed by atoms with Crippen LogP contribution >= 0.6 is 23.5 Å². The Morgan fingerprint density at radius 1 is 1.06 bits per heavy atom. The molecule has 2 heterocycles. The zero-order valence-corrected chi connectivity index (χ0v) is 19.0. The molecule has 1 aliphatic heterocycles. The lowest BCUT2D eigenvalue weighted by molar-refractivity contribution is -0.144. The smallest absolute Gasteiger partial charge is 0.344 e. The summed E-state index contributed by atoms with van der Waals surface area (Å²) in [6, 6.07) is 13.7. The van der Waals surface area contributed by atoms with Crippen LogP contribution in [-0.4, -0.2) is 41.5 Å². The number of hydrogen-bond donors (Lipinski definition) is 1. The molecule has 0 bridgehead atoms. The first-order valence-corrected chi connectivity index (χ1v) is 12.5. The molecule has 2 aromatic carbocycles. The van der Waals surface area contributed by atoms with Crippen molar-refractivity contribution in [3.63, 3.8) is 0 Å². The maximum atomic E-state index is 12.5. The molecular weight excluding hydrogens is 430 g/mol. The van der Waals surface area contributed by atoms with E-state index >= 15 is 0 Å². The first-order valence-electron chi connectivity index (χ1n) is 10.4. The van der Waals surface area contributed by atoms with Gasteiger partial charge in [0.05, 0.1) is 4.58 Å². The van der Waals surface area contributed by atoms with Crippen molar-refractivity contribution in [2.75, 3.05) is 24.7 Å². The van der Waals surface area contributed by atoms with E-state index in [1.807, 2.05) is 66.0 Å². The summed E-state index contributed by atoms with van der Waals surface area (Å²) in [6.07, 6.45) is 3.82. The van der Waals surface area contributed by atoms with Crippen LogP contribution in [0, 0.1) is 0 Å². The third-order valence-electron chi connectivity index (χ3n) is 5.18. The zero-order valence-electron chi connectivity index (χ0n) is 17.4. The molecule has 1 saturated heterocycles. The maximum absolute atomic E-state index is 12.5. The summed E-state index contributed by atoms with van der Waals surface area (Å²) >= 11 is 3.93. The Balaban J connectivity index is 1.27. The summed E-state index contributed by atoms with van der Waals surface area (Å²) in [7, 11) is 0. The Morgan fingerprint density at radius 2 is 1.84 bits per heavy atom. The Bertz CT molecular complexity index is 1060. The van der Waals surface area contributed by atoms with Gasteiger partial charge in [-0.2, -0.15) is 0 Å². The fraction of sp³-hybridized carbons (Fsp3) is 0.333. The summed E-state index contributed by atoms with van der Waals surface area (Å²) < 4.78 is 11.1. The van der Waals surface area contributed by atoms with Crippen LogP contribution in [0.2, 0.25) is 0 Å². The average Bonchev–Trinajstić information content (AvgIpc) is 3.26. The summed E-state index contributed by atoms with van der Waals surface area (Å²) in [6.45, 7) is 1.54. The van der Waals surface area contributed by atoms with E-state index in [2.05, 4.69) is 11.9 Å². The molecule has 4 rings (SSSR count). The molecule has 5 nitrogen and oxygen atoms in total. The van der Waals surface area contributed by atoms with Crippen LogP contribution in [0.5, 0.6) is 5.75 Å². The molecule has 0 amide bonds. The molecule has 0 radical (unpaired) electrons. The minimum absolute atomic E-state index is 0.229. The van der Waals surface area contributed by atoms with Gasteiger partial charge in [0.2, 0.25) is 5.78 Å². The SMILES string of the molecule is CCc1cccc2c(C(=O)COC(=O)COc3ccc(C4SCCCS4)cc3)c[nH]c12. The van der Waals surface area contributed by atoms with E-state index in [0.717, 1.165) is 22.9 Å². The van der Waals surface area contributed by atoms with E-state index < -0.39 is 5.97 Å². The Kier molecular flexibility index (Phi) is 7.25. The number of aromatic nitrogens is 1. The molecule has 3 aromatic rings. The molecule has 1 aliphatic rings. The first kappa shape index (κ1) is 21.8. The summed E-state index contributed by atoms with van der Waals surface area (Å²) in [5.74, 6) is 2.20. The van der Waals surface area contributed by atoms with E-state index in [4.69, 9.17) is 9.47 Å². The molecule has 1 fully saturated rings. The molecular formula is C24H25NO4S2. The van der Waals surface area contributed by atoms with E-state index in [1.54, 1.807) is 6.20 Å². The number of benzene rings is 2. The number of fused-ring (bicyclic) bond motifs is 1. The van der Waals surface area contributed by atoms with Gasteiger partial charge >= 0.3 is 5.97 Å². The molecule has 0 atom stereocenters. The molecule has 0 saturated carbocycles. The second kappa shape index (κ2) is 10.3. The standard InChI is InChI=1S/C24H25NO4S2/c1-2-16-5-3-6-19-20(13-25-23(16)19)21(26)14-29-22(27)15-28-18-9-7-17(8-10-18)24-30-11-4-12-31-24/h3,5-10,13,24-25H,2,4,11-12,14-15H2,1H3. The van der Waals surface area contributed by atoms with Crippen molar-refractivity contribution in [1.82, 2.24) is 4.98 Å². The van der Waals surface area contributed by atoms with E-state index in [0.29, 0.717) is 15.9 Å². The van der Waals surface area contributed by atoms with Gasteiger partial charge in [0.25, 0.3) is 0 Å². The minimum atomic E-state index is -0.565. The molecule has 31 heavy (non-hydrogen) atoms. The second-order valence-electron chi connectivity index (χ2n) is 7.26. The van der Waals surface area contributed by atoms with Crippen molar-refractivity contribution in [3.8, 4) is 5.75 Å². The number of ketones is 1. The number of carbonyl (C=O) groups excluding carboxylic acids is 2. The summed E-state index contributed by atoms with van der Waals surface area (Å²) in [5.41, 5.74) is 3.90. The van der Waals surface area contributed by atoms with Crippen molar-refractivity contribution < 1.29 is 19.1 Å². The first-order chi connectivity index (χ1) is 15.2. The number of thioether (sulfide) groups is 2. The Morgan fingerprint density at radius 3 is 2.58 bits per heavy atom. The number of aryl methyl sites for hydroxylation is 1. The van der Waals surface area contributed by atoms with Crippen molar-refractivity contribution in [2.45, 2.75) is 24.3 Å². The van der Waals surface area contributed by atoms with E-state index in [1.165, 1.54) is 23.5 Å². The van der Waals surface area contributed by atoms with Gasteiger partial charge in [0, 0.05) is 22.7 Å². The number of carbonyl (C=O) groups is 2. The number of ether oxygens (including phenoxy) is 2. The molecule has 7 heteroatoms. The predicted molar refractivity (Wildman–Crippen MR) is 127 cm³/mol. The van der Waals surface area contributed by atoms with Gasteiger partial charge in [-0.1, -0.05) is 37.3 Å². The fourth-order valence-electron chi connectivity index (χ4n) is 3.55. The van der Waals surface area contributed by atoms with Crippen LogP contribution in [0.1, 0.15) is 39.4 Å². The van der Waals surface area contributed by atoms with Crippen LogP contribution < -0.4 is 4.74 Å². The number of aromatic amines is 1. The van der Waals surface area contributed by atoms with Gasteiger partial charge in [0.15, 0.2) is 13.2 Å². The Hall–Kier alpha value is -2.38. The second-order valence-corrected chi connectivity index (χ2v) is 9.99. The van der Waals surface area contributed by atoms with Gasteiger partial charge < -0.3 is 14.5 Å². The molecule has 1 aromatic heterocycles. The lowest BCUT2D eigenvalue weighted by atomic mass is 10.1. The summed E-state index contributed by atoms with van der Waals surface area (Å²) in [4.78, 5) is 27.8. The van der Waals surface area contributed by atoms with Crippen molar-refractivity contribution in [3.05, 3.63) is 65.4 Å². The topological polar surface area (TPSA) is 68.4 Å². The number of nitrogens with one attached hydrogen (secondary N) is 1. The van der Waals surface area contributed by atoms with Crippen LogP contribution in [-0.2, 0) is 16.0 Å². The van der Waals surface area contributed by atoms with Crippen LogP contribution in [0.15, 0.2) is 48.7 Å². The van der Waals surface area contributed by atoms with Gasteiger partial charge in [-0.25, -0.2) is 4.79 Å². The highest BCUT2D eigenvalue weighted by Crippen LogP contribution is 2.43. The third kappa shape index (κ3) is 5.28. The lowest BCUT2D eigenvalue weighted by Gasteiger charge is -2.21. The van der Waals surface area contributed by atoms with Crippen molar-refractivity contribution in [2.24, 2.45) is 0 Å². The van der Waals surface area contributed by atoms with Crippen LogP contribution in [0.25, 0.3) is 10.9 Å². The largest absolute Gasteiger partial charge is 0.482 e. The highest BCUT2D eigenvalue weighted by atomic mass is 32.2. The molecule has 0 spiro atoms. The number of para-hydroxylation sites is 1. The number of esters is 1. The summed E-state index contributed by atoms with van der Waals surface area (Å²) in [5, 5.41) is 0.853. The molecule has 1 N–H and O–H groups in total. The quantitative estimate of drug-likeness (QED) is 0.362. The molecule has 162 valence electrons. The molecule has 0 unspecified atom stereocenters. The molecule has 0 aliphatic carbocycles. The average molecular weight is 456 g/mol. The third-order valence-corrected chi connectivity index (χ3v) is 8.20. The van der Waals surface area contributed by atoms with E-state index in [-0.39, 0.29) is 19.0 Å². The Labute approximate surface area is 190 Å². The monoisotopic (exact) mass is 455 g/mol. The fourth-order valence-corrected chi connectivity index (χ4v) is 6.45. The number of rotatable bonds is 8. The predicted octanol–water partition coefficient (Wildman–Crippen LogP) is 5.40. The maximum Gasteiger partial charge on any atom is 0.344 e. The number of H-pyrrole nitrogens is 1. The van der Waals surface area contributed by atoms with Crippen LogP contribution in [0.4, 0.5) is 0 Å². The highest BCUT2D eigenvalue weighted by molar-refractivity contribution is 8.16. The van der Waals surface area contributed by atoms with Crippen LogP contribution in [0.3, 0.4) is 0 Å². The number of hydrogen-bond acceptors (Lipinski definition) is 6. The van der Waals surface area contributed by atoms with E-state index in [9.17, 15) is 9.59 Å². The van der Waals surface area contributed by atoms with Gasteiger partial charge in [-0.15, -0.1) is 23.5 Å². The lowest BCUT2D eigenvalue weighted by Crippen LogP contribution is -2.19. The van der Waals surface area contributed by atoms with Crippen molar-refractivity contribution in [1.29, 1.82) is 0 Å². The zero-order chi connectivity index (χ0) is 21.6. The van der Waals surface area contributed by atoms with Crippen molar-refractivity contribution >= 4 is 46.2 Å².